The van der Waals surface area contributed by atoms with Gasteiger partial charge in [-0.15, -0.1) is 0 Å². The van der Waals surface area contributed by atoms with Gasteiger partial charge in [-0.1, -0.05) is 0 Å². The molecule has 0 radical (unpaired) electrons. The first-order valence-corrected chi connectivity index (χ1v) is 10.1. The van der Waals surface area contributed by atoms with Crippen LogP contribution in [0.2, 0.25) is 0 Å². The van der Waals surface area contributed by atoms with Crippen molar-refractivity contribution < 1.29 is 49.1 Å². The van der Waals surface area contributed by atoms with Gasteiger partial charge in [-0.2, -0.15) is 39.5 Å². The number of rotatable bonds is 4. The Labute approximate surface area is 207 Å². The lowest BCUT2D eigenvalue weighted by Crippen LogP contribution is -2.18. The predicted octanol–water partition coefficient (Wildman–Crippen LogP) is 6.41. The molecule has 0 unspecified atom stereocenters. The van der Waals surface area contributed by atoms with Crippen LogP contribution in [0.1, 0.15) is 37.4 Å². The zero-order valence-corrected chi connectivity index (χ0v) is 18.6. The Morgan fingerprint density at radius 2 is 0.868 bits per heavy atom. The van der Waals surface area contributed by atoms with Crippen molar-refractivity contribution in [3.63, 3.8) is 0 Å². The van der Waals surface area contributed by atoms with Gasteiger partial charge in [0.25, 0.3) is 11.8 Å². The van der Waals surface area contributed by atoms with Crippen molar-refractivity contribution in [2.45, 2.75) is 18.5 Å². The molecule has 0 saturated carbocycles. The van der Waals surface area contributed by atoms with E-state index in [0.717, 1.165) is 18.2 Å². The first-order chi connectivity index (χ1) is 17.4. The number of amides is 2. The van der Waals surface area contributed by atoms with Gasteiger partial charge in [0, 0.05) is 22.7 Å². The van der Waals surface area contributed by atoms with Crippen molar-refractivity contribution >= 4 is 34.6 Å². The Bertz CT molecular complexity index is 1300. The van der Waals surface area contributed by atoms with E-state index in [1.54, 1.807) is 0 Å². The zero-order valence-electron chi connectivity index (χ0n) is 18.6. The molecule has 0 saturated heterocycles. The summed E-state index contributed by atoms with van der Waals surface area (Å²) in [7, 11) is 0. The first kappa shape index (κ1) is 28.1. The van der Waals surface area contributed by atoms with E-state index in [9.17, 15) is 49.1 Å². The molecule has 0 spiro atoms. The van der Waals surface area contributed by atoms with Crippen LogP contribution in [0.15, 0.2) is 54.6 Å². The van der Waals surface area contributed by atoms with E-state index in [4.69, 9.17) is 11.5 Å². The number of nitrogen functional groups attached to an aromatic ring is 2. The van der Waals surface area contributed by atoms with E-state index in [1.807, 2.05) is 0 Å². The van der Waals surface area contributed by atoms with Gasteiger partial charge in [0.15, 0.2) is 0 Å². The van der Waals surface area contributed by atoms with Crippen molar-refractivity contribution in [2.24, 2.45) is 0 Å². The summed E-state index contributed by atoms with van der Waals surface area (Å²) in [4.78, 5) is 25.0. The maximum absolute atomic E-state index is 13.4. The van der Waals surface area contributed by atoms with Crippen LogP contribution in [0.4, 0.5) is 62.3 Å². The van der Waals surface area contributed by atoms with E-state index in [-0.39, 0.29) is 0 Å². The Morgan fingerprint density at radius 1 is 0.526 bits per heavy atom. The second kappa shape index (κ2) is 9.79. The minimum absolute atomic E-state index is 0.473. The van der Waals surface area contributed by atoms with Gasteiger partial charge in [0.05, 0.1) is 27.8 Å². The predicted molar refractivity (Wildman–Crippen MR) is 119 cm³/mol. The van der Waals surface area contributed by atoms with Gasteiger partial charge in [0.2, 0.25) is 0 Å². The lowest BCUT2D eigenvalue weighted by atomic mass is 10.1. The number of alkyl halides is 9. The number of halogens is 9. The number of hydrogen-bond donors (Lipinski definition) is 4. The molecule has 6 N–H and O–H groups in total. The topological polar surface area (TPSA) is 110 Å². The normalized spacial score (nSPS) is 12.2. The second-order valence-corrected chi connectivity index (χ2v) is 7.80. The fourth-order valence-electron chi connectivity index (χ4n) is 3.22. The Morgan fingerprint density at radius 3 is 1.16 bits per heavy atom. The van der Waals surface area contributed by atoms with Crippen LogP contribution in [0.25, 0.3) is 0 Å². The Kier molecular flexibility index (Phi) is 7.25. The molecule has 0 aliphatic carbocycles. The van der Waals surface area contributed by atoms with E-state index in [0.29, 0.717) is 36.4 Å². The maximum Gasteiger partial charge on any atom is 0.416 e. The molecule has 0 aromatic heterocycles. The lowest BCUT2D eigenvalue weighted by molar-refractivity contribution is -0.138. The molecule has 0 bridgehead atoms. The minimum Gasteiger partial charge on any atom is -0.398 e. The molecule has 0 atom stereocenters. The third-order valence-corrected chi connectivity index (χ3v) is 5.02. The van der Waals surface area contributed by atoms with Crippen molar-refractivity contribution in [2.75, 3.05) is 22.1 Å². The van der Waals surface area contributed by atoms with Crippen LogP contribution in [-0.4, -0.2) is 11.8 Å². The largest absolute Gasteiger partial charge is 0.416 e. The van der Waals surface area contributed by atoms with Gasteiger partial charge in [-0.3, -0.25) is 9.59 Å². The number of nitrogens with two attached hydrogens (primary N) is 2. The minimum atomic E-state index is -4.97. The molecule has 6 nitrogen and oxygen atoms in total. The monoisotopic (exact) mass is 550 g/mol. The smallest absolute Gasteiger partial charge is 0.398 e. The van der Waals surface area contributed by atoms with Crippen molar-refractivity contribution in [3.05, 3.63) is 82.4 Å². The van der Waals surface area contributed by atoms with E-state index < -0.39 is 80.9 Å². The molecule has 3 aromatic carbocycles. The summed E-state index contributed by atoms with van der Waals surface area (Å²) < 4.78 is 117. The highest BCUT2D eigenvalue weighted by molar-refractivity contribution is 6.10. The molecule has 0 aliphatic heterocycles. The SMILES string of the molecule is Nc1cc(C(F)(F)F)ccc1C(=O)Nc1cc(NC(=O)c2ccc(C(F)(F)F)cc2N)cc(C(F)(F)F)c1. The van der Waals surface area contributed by atoms with Gasteiger partial charge >= 0.3 is 18.5 Å². The molecule has 0 heterocycles. The highest BCUT2D eigenvalue weighted by atomic mass is 19.4. The third-order valence-electron chi connectivity index (χ3n) is 5.02. The number of anilines is 4. The van der Waals surface area contributed by atoms with Crippen molar-refractivity contribution in [1.29, 1.82) is 0 Å². The quantitative estimate of drug-likeness (QED) is 0.222. The Balaban J connectivity index is 1.91. The van der Waals surface area contributed by atoms with Crippen LogP contribution >= 0.6 is 0 Å². The van der Waals surface area contributed by atoms with Gasteiger partial charge in [-0.05, 0) is 54.6 Å². The highest BCUT2D eigenvalue weighted by Crippen LogP contribution is 2.35. The van der Waals surface area contributed by atoms with E-state index in [2.05, 4.69) is 10.6 Å². The van der Waals surface area contributed by atoms with Crippen molar-refractivity contribution in [1.82, 2.24) is 0 Å². The molecule has 3 rings (SSSR count). The first-order valence-electron chi connectivity index (χ1n) is 10.1. The summed E-state index contributed by atoms with van der Waals surface area (Å²) in [6.07, 6.45) is -14.5. The molecule has 2 amide bonds. The number of carbonyl (C=O) groups excluding carboxylic acids is 2. The van der Waals surface area contributed by atoms with Gasteiger partial charge in [-0.25, -0.2) is 0 Å². The summed E-state index contributed by atoms with van der Waals surface area (Å²) >= 11 is 0. The zero-order chi connectivity index (χ0) is 28.6. The molecule has 202 valence electrons. The van der Waals surface area contributed by atoms with E-state index in [1.165, 1.54) is 0 Å². The second-order valence-electron chi connectivity index (χ2n) is 7.80. The fraction of sp³-hybridized carbons (Fsp3) is 0.130. The fourth-order valence-corrected chi connectivity index (χ4v) is 3.22. The standard InChI is InChI=1S/C23H15F9N4O2/c24-21(25,26)10-1-3-15(17(33)7-10)19(37)35-13-5-12(23(30,31)32)6-14(9-13)36-20(38)16-4-2-11(8-18(16)34)22(27,28)29/h1-9H,33-34H2,(H,35,37)(H,36,38). The van der Waals surface area contributed by atoms with Crippen LogP contribution in [0.3, 0.4) is 0 Å². The van der Waals surface area contributed by atoms with Gasteiger partial charge < -0.3 is 22.1 Å². The third kappa shape index (κ3) is 6.46. The van der Waals surface area contributed by atoms with Crippen LogP contribution < -0.4 is 22.1 Å². The molecule has 15 heteroatoms. The average Bonchev–Trinajstić information content (AvgIpc) is 2.76. The number of nitrogens with one attached hydrogen (secondary N) is 2. The molecule has 38 heavy (non-hydrogen) atoms. The highest BCUT2D eigenvalue weighted by Gasteiger charge is 2.34. The van der Waals surface area contributed by atoms with Crippen LogP contribution in [0.5, 0.6) is 0 Å². The van der Waals surface area contributed by atoms with E-state index >= 15 is 0 Å². The lowest BCUT2D eigenvalue weighted by Gasteiger charge is -2.15. The molecule has 0 aliphatic rings. The summed E-state index contributed by atoms with van der Waals surface area (Å²) in [6, 6.07) is 5.37. The molecule has 0 fully saturated rings. The molecular formula is C23H15F9N4O2. The maximum atomic E-state index is 13.4. The van der Waals surface area contributed by atoms with Crippen LogP contribution in [-0.2, 0) is 18.5 Å². The molecule has 3 aromatic rings. The van der Waals surface area contributed by atoms with Crippen molar-refractivity contribution in [3.8, 4) is 0 Å². The number of hydrogen-bond acceptors (Lipinski definition) is 4. The summed E-state index contributed by atoms with van der Waals surface area (Å²) in [5, 5.41) is 4.11. The number of carbonyl (C=O) groups is 2. The molecular weight excluding hydrogens is 535 g/mol. The Hall–Kier alpha value is -4.43. The van der Waals surface area contributed by atoms with Gasteiger partial charge in [0.1, 0.15) is 0 Å². The number of benzene rings is 3. The average molecular weight is 550 g/mol. The summed E-state index contributed by atoms with van der Waals surface area (Å²) in [6.45, 7) is 0. The summed E-state index contributed by atoms with van der Waals surface area (Å²) in [5.74, 6) is -2.31. The van der Waals surface area contributed by atoms with Crippen LogP contribution in [0, 0.1) is 0 Å². The summed E-state index contributed by atoms with van der Waals surface area (Å²) in [5.41, 5.74) is 4.15.